The van der Waals surface area contributed by atoms with Gasteiger partial charge in [-0.2, -0.15) is 0 Å². The molecule has 0 fully saturated rings. The fraction of sp³-hybridized carbons (Fsp3) is 0.368. The molecule has 8 aromatic rings. The van der Waals surface area contributed by atoms with Crippen molar-refractivity contribution >= 4 is 74.3 Å². The average molecular weight is 1060 g/mol. The first-order chi connectivity index (χ1) is 37.1. The Balaban J connectivity index is 1.40. The van der Waals surface area contributed by atoms with Gasteiger partial charge in [0.1, 0.15) is 0 Å². The van der Waals surface area contributed by atoms with Crippen molar-refractivity contribution in [3.05, 3.63) is 203 Å². The molecule has 0 N–H and O–H groups in total. The van der Waals surface area contributed by atoms with Crippen molar-refractivity contribution in [1.82, 2.24) is 0 Å². The first-order valence-electron chi connectivity index (χ1n) is 29.5. The number of anilines is 9. The highest BCUT2D eigenvalue weighted by Crippen LogP contribution is 2.51. The largest absolute Gasteiger partial charge is 0.311 e. The monoisotopic (exact) mass is 1060 g/mol. The smallest absolute Gasteiger partial charge is 0.252 e. The lowest BCUT2D eigenvalue weighted by Crippen LogP contribution is -2.61. The molecule has 0 radical (unpaired) electrons. The Bertz CT molecular complexity index is 3580. The van der Waals surface area contributed by atoms with Gasteiger partial charge in [0.2, 0.25) is 0 Å². The van der Waals surface area contributed by atoms with Gasteiger partial charge in [-0.05, 0) is 172 Å². The molecule has 3 nitrogen and oxygen atoms in total. The molecule has 0 aliphatic carbocycles. The minimum absolute atomic E-state index is 0.00388. The standard InChI is InChI=1S/C76H90BN3/c1-70(2,3)50-30-28-49(29-31-50)61-44-54(74(13,14)15)34-39-64(61)80-66-41-36-56(76(19,20)21)46-63(66)77-62-45-55(75(16,17)18)35-40-65(62)79(57-37-32-51(33-38-57)71(4,5)6)67-47-60(48-68(80)69(67)77)78(58-26-22-24-52(42-58)72(7,8)9)59-27-23-25-53(43-59)73(10,11)12/h22-48H,1-21H3. The highest BCUT2D eigenvalue weighted by atomic mass is 15.2. The van der Waals surface area contributed by atoms with E-state index in [2.05, 4.69) is 324 Å². The topological polar surface area (TPSA) is 9.72 Å². The molecule has 0 bridgehead atoms. The van der Waals surface area contributed by atoms with Crippen LogP contribution in [0.25, 0.3) is 11.1 Å². The molecule has 0 unspecified atom stereocenters. The number of hydrogen-bond acceptors (Lipinski definition) is 3. The predicted octanol–water partition coefficient (Wildman–Crippen LogP) is 20.0. The SMILES string of the molecule is CC(C)(C)c1ccc(-c2cc(C(C)(C)C)ccc2N2c3ccc(C(C)(C)C)cc3B3c4cc(C(C)(C)C)ccc4N(c4ccc(C(C)(C)C)cc4)c4cc(N(c5cccc(C(C)(C)C)c5)c5cccc(C(C)(C)C)c5)cc2c43)cc1. The zero-order valence-electron chi connectivity index (χ0n) is 52.5. The minimum Gasteiger partial charge on any atom is -0.311 e. The van der Waals surface area contributed by atoms with Crippen LogP contribution in [0.1, 0.15) is 184 Å². The van der Waals surface area contributed by atoms with Crippen LogP contribution in [0.3, 0.4) is 0 Å². The fourth-order valence-electron chi connectivity index (χ4n) is 12.0. The number of rotatable bonds is 6. The summed E-state index contributed by atoms with van der Waals surface area (Å²) < 4.78 is 0. The van der Waals surface area contributed by atoms with Crippen molar-refractivity contribution in [3.8, 4) is 11.1 Å². The van der Waals surface area contributed by atoms with E-state index in [1.54, 1.807) is 0 Å². The van der Waals surface area contributed by atoms with Crippen molar-refractivity contribution in [2.75, 3.05) is 14.7 Å². The van der Waals surface area contributed by atoms with Gasteiger partial charge in [0.15, 0.2) is 0 Å². The Morgan fingerprint density at radius 3 is 1.06 bits per heavy atom. The second-order valence-electron chi connectivity index (χ2n) is 30.6. The predicted molar refractivity (Wildman–Crippen MR) is 351 cm³/mol. The first kappa shape index (κ1) is 56.5. The Kier molecular flexibility index (Phi) is 13.7. The maximum Gasteiger partial charge on any atom is 0.252 e. The molecule has 0 amide bonds. The summed E-state index contributed by atoms with van der Waals surface area (Å²) in [5, 5.41) is 0. The molecule has 0 spiro atoms. The van der Waals surface area contributed by atoms with Crippen LogP contribution in [0.4, 0.5) is 51.2 Å². The molecule has 0 atom stereocenters. The summed E-state index contributed by atoms with van der Waals surface area (Å²) in [6, 6.07) is 64.7. The molecule has 412 valence electrons. The van der Waals surface area contributed by atoms with Crippen molar-refractivity contribution < 1.29 is 0 Å². The molecule has 0 saturated carbocycles. The van der Waals surface area contributed by atoms with Crippen molar-refractivity contribution in [2.24, 2.45) is 0 Å². The Morgan fingerprint density at radius 1 is 0.287 bits per heavy atom. The molecule has 2 heterocycles. The molecule has 2 aliphatic rings. The van der Waals surface area contributed by atoms with Crippen molar-refractivity contribution in [1.29, 1.82) is 0 Å². The van der Waals surface area contributed by atoms with E-state index in [1.807, 2.05) is 0 Å². The maximum atomic E-state index is 2.66. The lowest BCUT2D eigenvalue weighted by molar-refractivity contribution is 0.589. The van der Waals surface area contributed by atoms with Crippen LogP contribution in [-0.2, 0) is 37.9 Å². The summed E-state index contributed by atoms with van der Waals surface area (Å²) in [7, 11) is 0. The average Bonchev–Trinajstić information content (AvgIpc) is 2.89. The molecular weight excluding hydrogens is 966 g/mol. The summed E-state index contributed by atoms with van der Waals surface area (Å²) in [5.41, 5.74) is 25.7. The van der Waals surface area contributed by atoms with E-state index in [0.29, 0.717) is 0 Å². The number of benzene rings is 8. The molecule has 10 rings (SSSR count). The van der Waals surface area contributed by atoms with E-state index in [0.717, 1.165) is 28.4 Å². The van der Waals surface area contributed by atoms with Crippen LogP contribution < -0.4 is 31.1 Å². The van der Waals surface area contributed by atoms with Gasteiger partial charge in [-0.15, -0.1) is 0 Å². The van der Waals surface area contributed by atoms with Crippen molar-refractivity contribution in [3.63, 3.8) is 0 Å². The van der Waals surface area contributed by atoms with Gasteiger partial charge in [0.25, 0.3) is 6.71 Å². The summed E-state index contributed by atoms with van der Waals surface area (Å²) in [5.74, 6) is 0. The third-order valence-corrected chi connectivity index (χ3v) is 17.1. The highest BCUT2D eigenvalue weighted by Gasteiger charge is 2.45. The summed E-state index contributed by atoms with van der Waals surface area (Å²) in [4.78, 5) is 7.81. The zero-order valence-corrected chi connectivity index (χ0v) is 52.5. The second-order valence-corrected chi connectivity index (χ2v) is 30.6. The number of fused-ring (bicyclic) bond motifs is 4. The van der Waals surface area contributed by atoms with Crippen LogP contribution in [-0.4, -0.2) is 6.71 Å². The third kappa shape index (κ3) is 10.6. The molecule has 80 heavy (non-hydrogen) atoms. The first-order valence-corrected chi connectivity index (χ1v) is 29.5. The van der Waals surface area contributed by atoms with E-state index < -0.39 is 0 Å². The van der Waals surface area contributed by atoms with Gasteiger partial charge >= 0.3 is 0 Å². The number of nitrogens with zero attached hydrogens (tertiary/aromatic N) is 3. The Hall–Kier alpha value is -6.78. The Morgan fingerprint density at radius 2 is 0.637 bits per heavy atom. The molecule has 2 aliphatic heterocycles. The molecule has 8 aromatic carbocycles. The molecule has 0 saturated heterocycles. The summed E-state index contributed by atoms with van der Waals surface area (Å²) >= 11 is 0. The lowest BCUT2D eigenvalue weighted by atomic mass is 9.33. The van der Waals surface area contributed by atoms with Gasteiger partial charge in [0, 0.05) is 45.4 Å². The normalized spacial score (nSPS) is 14.0. The summed E-state index contributed by atoms with van der Waals surface area (Å²) in [6.07, 6.45) is 0. The van der Waals surface area contributed by atoms with Crippen LogP contribution in [0.5, 0.6) is 0 Å². The minimum atomic E-state index is -0.0869. The van der Waals surface area contributed by atoms with Crippen LogP contribution >= 0.6 is 0 Å². The van der Waals surface area contributed by atoms with Gasteiger partial charge in [-0.3, -0.25) is 0 Å². The molecule has 0 aromatic heterocycles. The maximum absolute atomic E-state index is 2.66. The van der Waals surface area contributed by atoms with E-state index in [4.69, 9.17) is 0 Å². The van der Waals surface area contributed by atoms with Gasteiger partial charge in [-0.1, -0.05) is 236 Å². The van der Waals surface area contributed by atoms with Crippen LogP contribution in [0.15, 0.2) is 164 Å². The third-order valence-electron chi connectivity index (χ3n) is 17.1. The van der Waals surface area contributed by atoms with Crippen molar-refractivity contribution in [2.45, 2.75) is 183 Å². The van der Waals surface area contributed by atoms with Crippen LogP contribution in [0.2, 0.25) is 0 Å². The highest BCUT2D eigenvalue weighted by molar-refractivity contribution is 7.00. The fourth-order valence-corrected chi connectivity index (χ4v) is 12.0. The zero-order chi connectivity index (χ0) is 58.0. The Labute approximate surface area is 483 Å². The van der Waals surface area contributed by atoms with Gasteiger partial charge < -0.3 is 14.7 Å². The number of hydrogen-bond donors (Lipinski definition) is 0. The van der Waals surface area contributed by atoms with E-state index in [-0.39, 0.29) is 44.6 Å². The second kappa shape index (κ2) is 19.5. The quantitative estimate of drug-likeness (QED) is 0.154. The van der Waals surface area contributed by atoms with E-state index in [9.17, 15) is 0 Å². The summed E-state index contributed by atoms with van der Waals surface area (Å²) in [6.45, 7) is 48.9. The van der Waals surface area contributed by atoms with Crippen LogP contribution in [0, 0.1) is 0 Å². The van der Waals surface area contributed by atoms with Gasteiger partial charge in [-0.25, -0.2) is 0 Å². The van der Waals surface area contributed by atoms with Gasteiger partial charge in [0.05, 0.1) is 11.4 Å². The lowest BCUT2D eigenvalue weighted by Gasteiger charge is -2.46. The molecular formula is C76H90BN3. The molecule has 4 heteroatoms. The van der Waals surface area contributed by atoms with E-state index in [1.165, 1.54) is 89.2 Å². The van der Waals surface area contributed by atoms with E-state index >= 15 is 0 Å².